The van der Waals surface area contributed by atoms with Crippen LogP contribution in [0, 0.1) is 0 Å². The van der Waals surface area contributed by atoms with Gasteiger partial charge in [-0.2, -0.15) is 8.42 Å². The van der Waals surface area contributed by atoms with Crippen molar-refractivity contribution in [2.45, 2.75) is 237 Å². The van der Waals surface area contributed by atoms with Gasteiger partial charge in [0.2, 0.25) is 0 Å². The Balaban J connectivity index is 2.45. The number of unbranched alkanes of at least 4 members (excludes halogenated alkanes) is 24. The molecule has 1 rings (SSSR count). The van der Waals surface area contributed by atoms with Crippen molar-refractivity contribution >= 4 is 22.1 Å². The number of rotatable bonds is 38. The first-order valence-electron chi connectivity index (χ1n) is 22.7. The molecule has 1 aliphatic heterocycles. The number of esters is 2. The fourth-order valence-electron chi connectivity index (χ4n) is 7.02. The second-order valence-electron chi connectivity index (χ2n) is 16.1. The highest BCUT2D eigenvalue weighted by Gasteiger charge is 2.46. The van der Waals surface area contributed by atoms with E-state index in [-0.39, 0.29) is 19.4 Å². The predicted octanol–water partition coefficient (Wildman–Crippen LogP) is 9.06. The normalized spacial score (nSPS) is 20.6. The summed E-state index contributed by atoms with van der Waals surface area (Å²) in [5.74, 6) is -1.98. The van der Waals surface area contributed by atoms with Gasteiger partial charge in [-0.1, -0.05) is 161 Å². The van der Waals surface area contributed by atoms with Crippen LogP contribution < -0.4 is 0 Å². The van der Waals surface area contributed by atoms with Crippen LogP contribution in [-0.2, 0) is 38.7 Å². The topological polar surface area (TPSA) is 186 Å². The van der Waals surface area contributed by atoms with E-state index in [9.17, 15) is 37.9 Å². The number of allylic oxidation sites excluding steroid dienone is 2. The van der Waals surface area contributed by atoms with Crippen LogP contribution in [0.3, 0.4) is 0 Å². The molecule has 2 unspecified atom stereocenters. The second kappa shape index (κ2) is 35.2. The van der Waals surface area contributed by atoms with Crippen LogP contribution in [0.15, 0.2) is 12.2 Å². The summed E-state index contributed by atoms with van der Waals surface area (Å²) in [6, 6.07) is 0. The van der Waals surface area contributed by atoms with Crippen LogP contribution in [0.5, 0.6) is 0 Å². The second-order valence-corrected chi connectivity index (χ2v) is 17.6. The summed E-state index contributed by atoms with van der Waals surface area (Å²) in [7, 11) is -4.60. The average Bonchev–Trinajstić information content (AvgIpc) is 3.17. The molecule has 336 valence electrons. The number of hydrogen-bond donors (Lipinski definition) is 4. The maximum Gasteiger partial charge on any atom is 0.306 e. The van der Waals surface area contributed by atoms with Gasteiger partial charge in [0.1, 0.15) is 36.8 Å². The van der Waals surface area contributed by atoms with Crippen molar-refractivity contribution in [3.8, 4) is 0 Å². The van der Waals surface area contributed by atoms with Crippen LogP contribution >= 0.6 is 0 Å². The van der Waals surface area contributed by atoms with Gasteiger partial charge >= 0.3 is 11.9 Å². The van der Waals surface area contributed by atoms with Gasteiger partial charge in [-0.05, 0) is 38.5 Å². The largest absolute Gasteiger partial charge is 0.462 e. The smallest absolute Gasteiger partial charge is 0.306 e. The molecular weight excluding hydrogens is 753 g/mol. The lowest BCUT2D eigenvalue weighted by molar-refractivity contribution is -0.297. The minimum atomic E-state index is -4.60. The minimum Gasteiger partial charge on any atom is -0.462 e. The molecule has 0 saturated carbocycles. The van der Waals surface area contributed by atoms with Crippen molar-refractivity contribution in [3.63, 3.8) is 0 Å². The highest BCUT2D eigenvalue weighted by atomic mass is 32.2. The molecule has 0 spiro atoms. The van der Waals surface area contributed by atoms with Gasteiger partial charge in [0, 0.05) is 12.8 Å². The number of carbonyl (C=O) groups excluding carboxylic acids is 2. The third-order valence-corrected chi connectivity index (χ3v) is 11.3. The summed E-state index contributed by atoms with van der Waals surface area (Å²) >= 11 is 0. The third kappa shape index (κ3) is 30.1. The molecular formula is C44H82O12S. The van der Waals surface area contributed by atoms with Crippen molar-refractivity contribution in [2.75, 3.05) is 19.0 Å². The Hall–Kier alpha value is -1.61. The van der Waals surface area contributed by atoms with E-state index in [1.807, 2.05) is 0 Å². The zero-order chi connectivity index (χ0) is 42.0. The third-order valence-electron chi connectivity index (χ3n) is 10.6. The molecule has 4 N–H and O–H groups in total. The summed E-state index contributed by atoms with van der Waals surface area (Å²) in [6.07, 6.45) is 26.8. The molecule has 13 heteroatoms. The Morgan fingerprint density at radius 1 is 0.579 bits per heavy atom. The molecule has 0 bridgehead atoms. The molecule has 0 amide bonds. The SMILES string of the molecule is CCCCCCC/C=C/CCCCCCCC(=O)OC[C@H](CO[C@H]1O[C@H](CS(=O)(=O)O)[C@@H](O)C(O)C1O)OC(=O)CCCCCCCCCCCCCCCCC. The van der Waals surface area contributed by atoms with Crippen LogP contribution in [0.2, 0.25) is 0 Å². The van der Waals surface area contributed by atoms with Crippen LogP contribution in [0.1, 0.15) is 200 Å². The zero-order valence-electron chi connectivity index (χ0n) is 35.7. The highest BCUT2D eigenvalue weighted by Crippen LogP contribution is 2.24. The number of aliphatic hydroxyl groups excluding tert-OH is 3. The van der Waals surface area contributed by atoms with Crippen molar-refractivity contribution in [2.24, 2.45) is 0 Å². The van der Waals surface area contributed by atoms with E-state index in [4.69, 9.17) is 18.9 Å². The standard InChI is InChI=1S/C44H82O12S/c1-3-5-7-9-11-13-15-17-19-21-23-25-27-29-31-33-40(46)55-37(35-54-44-43(49)42(48)41(47)38(56-44)36-57(50,51)52)34-53-39(45)32-30-28-26-24-22-20-18-16-14-12-10-8-6-4-2/h16,18,37-38,41-44,47-49H,3-15,17,19-36H2,1-2H3,(H,50,51,52)/b18-16+/t37-,38-,41-,42?,43?,44+/m1/s1. The van der Waals surface area contributed by atoms with Crippen LogP contribution in [0.4, 0.5) is 0 Å². The molecule has 1 saturated heterocycles. The fraction of sp³-hybridized carbons (Fsp3) is 0.909. The summed E-state index contributed by atoms with van der Waals surface area (Å²) in [6.45, 7) is 3.75. The van der Waals surface area contributed by atoms with E-state index < -0.39 is 71.2 Å². The first-order valence-corrected chi connectivity index (χ1v) is 24.4. The Morgan fingerprint density at radius 3 is 1.46 bits per heavy atom. The molecule has 1 aliphatic rings. The van der Waals surface area contributed by atoms with Gasteiger partial charge in [0.25, 0.3) is 10.1 Å². The summed E-state index contributed by atoms with van der Waals surface area (Å²) in [5, 5.41) is 30.9. The summed E-state index contributed by atoms with van der Waals surface area (Å²) < 4.78 is 54.0. The Labute approximate surface area is 346 Å². The van der Waals surface area contributed by atoms with E-state index in [2.05, 4.69) is 26.0 Å². The molecule has 0 aromatic carbocycles. The van der Waals surface area contributed by atoms with Crippen LogP contribution in [-0.4, -0.2) is 96.0 Å². The quantitative estimate of drug-likeness (QED) is 0.0200. The fourth-order valence-corrected chi connectivity index (χ4v) is 7.72. The average molecular weight is 835 g/mol. The molecule has 0 aromatic heterocycles. The molecule has 12 nitrogen and oxygen atoms in total. The summed E-state index contributed by atoms with van der Waals surface area (Å²) in [5.41, 5.74) is 0. The lowest BCUT2D eigenvalue weighted by Crippen LogP contribution is -2.60. The monoisotopic (exact) mass is 835 g/mol. The van der Waals surface area contributed by atoms with E-state index in [0.717, 1.165) is 57.8 Å². The Kier molecular flexibility index (Phi) is 33.0. The van der Waals surface area contributed by atoms with Gasteiger partial charge in [-0.3, -0.25) is 14.1 Å². The summed E-state index contributed by atoms with van der Waals surface area (Å²) in [4.78, 5) is 25.4. The van der Waals surface area contributed by atoms with E-state index in [0.29, 0.717) is 12.8 Å². The van der Waals surface area contributed by atoms with Crippen molar-refractivity contribution in [1.29, 1.82) is 0 Å². The molecule has 1 heterocycles. The van der Waals surface area contributed by atoms with Crippen molar-refractivity contribution in [1.82, 2.24) is 0 Å². The predicted molar refractivity (Wildman–Crippen MR) is 224 cm³/mol. The lowest BCUT2D eigenvalue weighted by Gasteiger charge is -2.40. The number of carbonyl (C=O) groups is 2. The maximum atomic E-state index is 12.8. The molecule has 1 fully saturated rings. The zero-order valence-corrected chi connectivity index (χ0v) is 36.5. The number of hydrogen-bond acceptors (Lipinski definition) is 11. The molecule has 0 radical (unpaired) electrons. The molecule has 6 atom stereocenters. The van der Waals surface area contributed by atoms with Gasteiger partial charge in [0.05, 0.1) is 6.61 Å². The first-order chi connectivity index (χ1) is 27.5. The van der Waals surface area contributed by atoms with E-state index >= 15 is 0 Å². The van der Waals surface area contributed by atoms with Gasteiger partial charge in [-0.25, -0.2) is 0 Å². The molecule has 57 heavy (non-hydrogen) atoms. The van der Waals surface area contributed by atoms with Crippen molar-refractivity contribution in [3.05, 3.63) is 12.2 Å². The first kappa shape index (κ1) is 53.4. The minimum absolute atomic E-state index is 0.168. The van der Waals surface area contributed by atoms with Crippen LogP contribution in [0.25, 0.3) is 0 Å². The van der Waals surface area contributed by atoms with E-state index in [1.54, 1.807) is 0 Å². The molecule has 0 aliphatic carbocycles. The lowest BCUT2D eigenvalue weighted by atomic mass is 10.00. The Bertz CT molecular complexity index is 1120. The van der Waals surface area contributed by atoms with E-state index in [1.165, 1.54) is 103 Å². The van der Waals surface area contributed by atoms with Gasteiger partial charge in [0.15, 0.2) is 12.4 Å². The van der Waals surface area contributed by atoms with Gasteiger partial charge < -0.3 is 34.3 Å². The maximum absolute atomic E-state index is 12.8. The highest BCUT2D eigenvalue weighted by molar-refractivity contribution is 7.85. The number of ether oxygens (including phenoxy) is 4. The molecule has 0 aromatic rings. The Morgan fingerprint density at radius 2 is 1.00 bits per heavy atom. The van der Waals surface area contributed by atoms with Gasteiger partial charge in [-0.15, -0.1) is 0 Å². The number of aliphatic hydroxyl groups is 3. The van der Waals surface area contributed by atoms with Crippen molar-refractivity contribution < 1.29 is 56.8 Å².